The number of hydrogen-bond donors (Lipinski definition) is 8. The van der Waals surface area contributed by atoms with E-state index in [1.54, 1.807) is 0 Å². The smallest absolute Gasteiger partial charge is 0.331 e. The van der Waals surface area contributed by atoms with Crippen LogP contribution in [0.3, 0.4) is 0 Å². The number of phenols is 4. The van der Waals surface area contributed by atoms with Gasteiger partial charge in [-0.2, -0.15) is 0 Å². The van der Waals surface area contributed by atoms with Crippen molar-refractivity contribution in [2.45, 2.75) is 249 Å². The summed E-state index contributed by atoms with van der Waals surface area (Å²) in [6.45, 7) is 67.1. The van der Waals surface area contributed by atoms with E-state index in [-0.39, 0.29) is 91.3 Å². The number of hydrogen-bond acceptors (Lipinski definition) is 8. The molecule has 0 atom stereocenters. The van der Waals surface area contributed by atoms with Crippen LogP contribution in [-0.2, 0) is 88.2 Å². The SMILES string of the molecule is C=C(Cc1cc(C(C)(C)C)c(O)c(C(C)(C)C)c1)C(=O)O.C=C(Cc1cc(C(C)(C)C)c(O)c(C(C)(C)C)c1)C(=O)O.C=C(Cc1cc(C(C)(C)C)c(O)c(C(C)(C)C)c1)C(=O)O.C=C(Cc1cc(C(C)(C)C)c(O)c(C(C)(C)C)c1)C(=O)O.CC. The lowest BCUT2D eigenvalue weighted by molar-refractivity contribution is -0.133. The second kappa shape index (κ2) is 29.5. The van der Waals surface area contributed by atoms with Gasteiger partial charge in [-0.15, -0.1) is 0 Å². The lowest BCUT2D eigenvalue weighted by Gasteiger charge is -2.28. The van der Waals surface area contributed by atoms with Crippen LogP contribution in [0.5, 0.6) is 23.0 Å². The number of carbonyl (C=O) groups is 4. The standard InChI is InChI=1S/4C18H26O3.C2H6/c4*1-11(16(20)21)8-12-9-13(17(2,3)4)15(19)14(10-12)18(5,6)7;1-2/h4*9-10,19H,1,8H2,2-7H3,(H,20,21);1-2H3. The second-order valence-corrected chi connectivity index (χ2v) is 30.5. The second-order valence-electron chi connectivity index (χ2n) is 30.5. The summed E-state index contributed by atoms with van der Waals surface area (Å²) in [5.74, 6) is -2.73. The first-order chi connectivity index (χ1) is 38.3. The summed E-state index contributed by atoms with van der Waals surface area (Å²) in [6.07, 6.45) is 1.12. The Labute approximate surface area is 517 Å². The van der Waals surface area contributed by atoms with E-state index in [9.17, 15) is 39.6 Å². The number of phenolic OH excluding ortho intramolecular Hbond substituents is 4. The molecule has 0 aliphatic carbocycles. The lowest BCUT2D eigenvalue weighted by atomic mass is 9.78. The van der Waals surface area contributed by atoms with Crippen LogP contribution in [0, 0.1) is 0 Å². The van der Waals surface area contributed by atoms with Crippen LogP contribution in [0.25, 0.3) is 0 Å². The van der Waals surface area contributed by atoms with Crippen molar-refractivity contribution in [1.29, 1.82) is 0 Å². The third kappa shape index (κ3) is 23.6. The van der Waals surface area contributed by atoms with Crippen molar-refractivity contribution < 1.29 is 60.0 Å². The molecule has 4 aromatic carbocycles. The van der Waals surface area contributed by atoms with Gasteiger partial charge in [0.15, 0.2) is 0 Å². The molecule has 0 fully saturated rings. The predicted molar refractivity (Wildman–Crippen MR) is 355 cm³/mol. The maximum Gasteiger partial charge on any atom is 0.331 e. The van der Waals surface area contributed by atoms with Gasteiger partial charge in [-0.05, 0) is 110 Å². The Kier molecular flexibility index (Phi) is 27.1. The van der Waals surface area contributed by atoms with Crippen molar-refractivity contribution in [3.8, 4) is 23.0 Å². The molecular formula is C74H110O12. The fourth-order valence-corrected chi connectivity index (χ4v) is 9.05. The maximum absolute atomic E-state index is 11.0. The quantitative estimate of drug-likeness (QED) is 0.0620. The summed E-state index contributed by atoms with van der Waals surface area (Å²) in [5.41, 5.74) is 9.04. The summed E-state index contributed by atoms with van der Waals surface area (Å²) >= 11 is 0. The highest BCUT2D eigenvalue weighted by atomic mass is 16.4. The van der Waals surface area contributed by atoms with Crippen molar-refractivity contribution in [3.05, 3.63) is 164 Å². The minimum absolute atomic E-state index is 0.153. The largest absolute Gasteiger partial charge is 0.507 e. The van der Waals surface area contributed by atoms with Gasteiger partial charge in [0.2, 0.25) is 0 Å². The molecule has 0 amide bonds. The molecule has 4 aromatic rings. The molecular weight excluding hydrogens is 1080 g/mol. The molecule has 12 heteroatoms. The number of aromatic hydroxyl groups is 4. The van der Waals surface area contributed by atoms with Crippen LogP contribution in [0.2, 0.25) is 0 Å². The molecule has 8 N–H and O–H groups in total. The average molecular weight is 1190 g/mol. The third-order valence-electron chi connectivity index (χ3n) is 14.0. The highest BCUT2D eigenvalue weighted by molar-refractivity contribution is 5.88. The number of carboxylic acids is 4. The summed E-state index contributed by atoms with van der Waals surface area (Å²) < 4.78 is 0. The molecule has 0 radical (unpaired) electrons. The predicted octanol–water partition coefficient (Wildman–Crippen LogP) is 17.7. The lowest BCUT2D eigenvalue weighted by Crippen LogP contribution is -2.18. The molecule has 478 valence electrons. The van der Waals surface area contributed by atoms with Crippen LogP contribution in [-0.4, -0.2) is 64.7 Å². The zero-order valence-electron chi connectivity index (χ0n) is 57.5. The molecule has 4 rings (SSSR count). The summed E-state index contributed by atoms with van der Waals surface area (Å²) in [7, 11) is 0. The molecule has 0 spiro atoms. The first-order valence-electron chi connectivity index (χ1n) is 29.5. The molecule has 12 nitrogen and oxygen atoms in total. The van der Waals surface area contributed by atoms with E-state index in [4.69, 9.17) is 20.4 Å². The van der Waals surface area contributed by atoms with Crippen molar-refractivity contribution in [2.24, 2.45) is 0 Å². The van der Waals surface area contributed by atoms with Gasteiger partial charge in [-0.1, -0.05) is 255 Å². The van der Waals surface area contributed by atoms with E-state index >= 15 is 0 Å². The van der Waals surface area contributed by atoms with Gasteiger partial charge in [0, 0.05) is 48.0 Å². The van der Waals surface area contributed by atoms with E-state index < -0.39 is 23.9 Å². The molecule has 0 aromatic heterocycles. The Morgan fingerprint density at radius 1 is 0.267 bits per heavy atom. The highest BCUT2D eigenvalue weighted by Gasteiger charge is 2.31. The Bertz CT molecular complexity index is 2560. The Morgan fingerprint density at radius 3 is 0.430 bits per heavy atom. The third-order valence-corrected chi connectivity index (χ3v) is 14.0. The van der Waals surface area contributed by atoms with Crippen LogP contribution >= 0.6 is 0 Å². The molecule has 0 aliphatic rings. The minimum Gasteiger partial charge on any atom is -0.507 e. The van der Waals surface area contributed by atoms with Gasteiger partial charge in [-0.25, -0.2) is 19.2 Å². The number of benzene rings is 4. The van der Waals surface area contributed by atoms with Gasteiger partial charge < -0.3 is 40.9 Å². The normalized spacial score (nSPS) is 12.1. The fourth-order valence-electron chi connectivity index (χ4n) is 9.05. The highest BCUT2D eigenvalue weighted by Crippen LogP contribution is 2.44. The van der Waals surface area contributed by atoms with E-state index in [0.29, 0.717) is 23.0 Å². The Hall–Kier alpha value is -7.08. The van der Waals surface area contributed by atoms with Gasteiger partial charge in [0.1, 0.15) is 23.0 Å². The van der Waals surface area contributed by atoms with E-state index in [0.717, 1.165) is 66.8 Å². The summed E-state index contributed by atoms with van der Waals surface area (Å²) in [6, 6.07) is 15.1. The molecule has 0 aliphatic heterocycles. The summed E-state index contributed by atoms with van der Waals surface area (Å²) in [4.78, 5) is 43.9. The zero-order valence-corrected chi connectivity index (χ0v) is 57.5. The van der Waals surface area contributed by atoms with Crippen LogP contribution in [0.1, 0.15) is 247 Å². The molecule has 86 heavy (non-hydrogen) atoms. The number of aliphatic carboxylic acids is 4. The molecule has 0 bridgehead atoms. The van der Waals surface area contributed by atoms with Crippen molar-refractivity contribution in [2.75, 3.05) is 0 Å². The van der Waals surface area contributed by atoms with Gasteiger partial charge in [0.05, 0.1) is 0 Å². The topological polar surface area (TPSA) is 230 Å². The van der Waals surface area contributed by atoms with E-state index in [2.05, 4.69) is 26.3 Å². The van der Waals surface area contributed by atoms with Gasteiger partial charge in [-0.3, -0.25) is 0 Å². The Morgan fingerprint density at radius 2 is 0.360 bits per heavy atom. The monoisotopic (exact) mass is 1190 g/mol. The molecule has 0 unspecified atom stereocenters. The first-order valence-corrected chi connectivity index (χ1v) is 29.5. The van der Waals surface area contributed by atoms with E-state index in [1.807, 2.05) is 229 Å². The Balaban J connectivity index is 0.00000111. The van der Waals surface area contributed by atoms with Gasteiger partial charge >= 0.3 is 23.9 Å². The van der Waals surface area contributed by atoms with Crippen molar-refractivity contribution >= 4 is 23.9 Å². The van der Waals surface area contributed by atoms with Crippen LogP contribution < -0.4 is 0 Å². The minimum atomic E-state index is -0.988. The van der Waals surface area contributed by atoms with Crippen LogP contribution in [0.4, 0.5) is 0 Å². The van der Waals surface area contributed by atoms with Crippen LogP contribution in [0.15, 0.2) is 97.1 Å². The zero-order chi connectivity index (χ0) is 68.3. The van der Waals surface area contributed by atoms with E-state index in [1.165, 1.54) is 0 Å². The first kappa shape index (κ1) is 78.9. The van der Waals surface area contributed by atoms with Crippen molar-refractivity contribution in [1.82, 2.24) is 0 Å². The number of carboxylic acid groups (broad SMARTS) is 4. The maximum atomic E-state index is 11.0. The molecule has 0 saturated carbocycles. The molecule has 0 saturated heterocycles. The summed E-state index contributed by atoms with van der Waals surface area (Å²) in [5, 5.41) is 78.4. The average Bonchev–Trinajstić information content (AvgIpc) is 1.54. The van der Waals surface area contributed by atoms with Gasteiger partial charge in [0.25, 0.3) is 0 Å². The van der Waals surface area contributed by atoms with Crippen molar-refractivity contribution in [3.63, 3.8) is 0 Å². The fraction of sp³-hybridized carbons (Fsp3) is 0.514. The molecule has 0 heterocycles. The number of rotatable bonds is 12.